The summed E-state index contributed by atoms with van der Waals surface area (Å²) in [5.41, 5.74) is 1.13. The molecule has 1 atom stereocenters. The standard InChI is InChI=1S/C17H23N3O3/c1-3-16(22)18-15-6-4-5-14(11-15)17(23)20-8-7-19(9-10-21)13(2)12-20/h3-6,11,13,21H,1,7-10,12H2,2H3,(H,18,22). The lowest BCUT2D eigenvalue weighted by molar-refractivity contribution is -0.111. The van der Waals surface area contributed by atoms with E-state index in [4.69, 9.17) is 5.11 Å². The Morgan fingerprint density at radius 2 is 2.22 bits per heavy atom. The van der Waals surface area contributed by atoms with E-state index in [2.05, 4.69) is 23.7 Å². The summed E-state index contributed by atoms with van der Waals surface area (Å²) in [4.78, 5) is 28.0. The fourth-order valence-electron chi connectivity index (χ4n) is 2.75. The average Bonchev–Trinajstić information content (AvgIpc) is 2.56. The minimum atomic E-state index is -0.305. The monoisotopic (exact) mass is 317 g/mol. The molecule has 1 saturated heterocycles. The molecular weight excluding hydrogens is 294 g/mol. The number of amides is 2. The smallest absolute Gasteiger partial charge is 0.254 e. The van der Waals surface area contributed by atoms with Crippen LogP contribution in [0.15, 0.2) is 36.9 Å². The molecule has 0 spiro atoms. The molecule has 0 radical (unpaired) electrons. The third kappa shape index (κ3) is 4.40. The zero-order valence-corrected chi connectivity index (χ0v) is 13.4. The van der Waals surface area contributed by atoms with Gasteiger partial charge in [-0.2, -0.15) is 0 Å². The number of nitrogens with zero attached hydrogens (tertiary/aromatic N) is 2. The van der Waals surface area contributed by atoms with Crippen molar-refractivity contribution in [2.45, 2.75) is 13.0 Å². The molecule has 0 saturated carbocycles. The SMILES string of the molecule is C=CC(=O)Nc1cccc(C(=O)N2CCN(CCO)C(C)C2)c1. The van der Waals surface area contributed by atoms with Gasteiger partial charge in [0.25, 0.3) is 5.91 Å². The van der Waals surface area contributed by atoms with E-state index in [-0.39, 0.29) is 24.5 Å². The molecule has 1 unspecified atom stereocenters. The molecule has 1 heterocycles. The number of nitrogens with one attached hydrogen (secondary N) is 1. The first-order chi connectivity index (χ1) is 11.0. The molecular formula is C17H23N3O3. The van der Waals surface area contributed by atoms with Crippen LogP contribution in [0, 0.1) is 0 Å². The van der Waals surface area contributed by atoms with Crippen LogP contribution in [-0.4, -0.2) is 65.5 Å². The molecule has 2 N–H and O–H groups in total. The summed E-state index contributed by atoms with van der Waals surface area (Å²) in [5.74, 6) is -0.351. The Morgan fingerprint density at radius 1 is 1.43 bits per heavy atom. The number of aliphatic hydroxyl groups is 1. The molecule has 1 aromatic carbocycles. The van der Waals surface area contributed by atoms with E-state index in [1.807, 2.05) is 4.90 Å². The van der Waals surface area contributed by atoms with E-state index in [1.165, 1.54) is 6.08 Å². The van der Waals surface area contributed by atoms with Crippen molar-refractivity contribution in [3.05, 3.63) is 42.5 Å². The first-order valence-electron chi connectivity index (χ1n) is 7.73. The highest BCUT2D eigenvalue weighted by Crippen LogP contribution is 2.16. The van der Waals surface area contributed by atoms with Gasteiger partial charge in [-0.3, -0.25) is 14.5 Å². The van der Waals surface area contributed by atoms with Crippen LogP contribution in [0.1, 0.15) is 17.3 Å². The van der Waals surface area contributed by atoms with Gasteiger partial charge in [-0.05, 0) is 31.2 Å². The van der Waals surface area contributed by atoms with Crippen molar-refractivity contribution >= 4 is 17.5 Å². The lowest BCUT2D eigenvalue weighted by Gasteiger charge is -2.39. The Hall–Kier alpha value is -2.18. The van der Waals surface area contributed by atoms with Crippen LogP contribution in [0.2, 0.25) is 0 Å². The van der Waals surface area contributed by atoms with E-state index < -0.39 is 0 Å². The number of β-amino-alcohol motifs (C(OH)–C–C–N with tert-alkyl or cyclic N) is 1. The van der Waals surface area contributed by atoms with E-state index in [1.54, 1.807) is 24.3 Å². The lowest BCUT2D eigenvalue weighted by atomic mass is 10.1. The van der Waals surface area contributed by atoms with Gasteiger partial charge in [0.15, 0.2) is 0 Å². The van der Waals surface area contributed by atoms with Crippen LogP contribution in [0.5, 0.6) is 0 Å². The summed E-state index contributed by atoms with van der Waals surface area (Å²) in [6, 6.07) is 7.12. The summed E-state index contributed by atoms with van der Waals surface area (Å²) in [7, 11) is 0. The number of anilines is 1. The Bertz CT molecular complexity index is 588. The van der Waals surface area contributed by atoms with Crippen LogP contribution in [0.4, 0.5) is 5.69 Å². The van der Waals surface area contributed by atoms with Crippen molar-refractivity contribution in [1.82, 2.24) is 9.80 Å². The van der Waals surface area contributed by atoms with Crippen molar-refractivity contribution in [3.63, 3.8) is 0 Å². The first kappa shape index (κ1) is 17.2. The number of aliphatic hydroxyl groups excluding tert-OH is 1. The zero-order chi connectivity index (χ0) is 16.8. The second kappa shape index (κ2) is 7.89. The van der Waals surface area contributed by atoms with Crippen molar-refractivity contribution in [2.24, 2.45) is 0 Å². The molecule has 0 bridgehead atoms. The fourth-order valence-corrected chi connectivity index (χ4v) is 2.75. The molecule has 0 aliphatic carbocycles. The lowest BCUT2D eigenvalue weighted by Crippen LogP contribution is -2.54. The van der Waals surface area contributed by atoms with Crippen LogP contribution < -0.4 is 5.32 Å². The molecule has 1 aliphatic heterocycles. The summed E-state index contributed by atoms with van der Waals surface area (Å²) >= 11 is 0. The highest BCUT2D eigenvalue weighted by atomic mass is 16.3. The van der Waals surface area contributed by atoms with Crippen LogP contribution in [0.25, 0.3) is 0 Å². The molecule has 23 heavy (non-hydrogen) atoms. The number of rotatable bonds is 5. The molecule has 124 valence electrons. The minimum Gasteiger partial charge on any atom is -0.395 e. The molecule has 1 aromatic rings. The van der Waals surface area contributed by atoms with Crippen molar-refractivity contribution in [1.29, 1.82) is 0 Å². The van der Waals surface area contributed by atoms with Crippen LogP contribution in [-0.2, 0) is 4.79 Å². The molecule has 2 amide bonds. The molecule has 6 nitrogen and oxygen atoms in total. The fraction of sp³-hybridized carbons (Fsp3) is 0.412. The summed E-state index contributed by atoms with van der Waals surface area (Å²) in [5, 5.41) is 11.7. The second-order valence-corrected chi connectivity index (χ2v) is 5.63. The second-order valence-electron chi connectivity index (χ2n) is 5.63. The zero-order valence-electron chi connectivity index (χ0n) is 13.4. The van der Waals surface area contributed by atoms with E-state index in [0.29, 0.717) is 30.9 Å². The number of carbonyl (C=O) groups excluding carboxylic acids is 2. The van der Waals surface area contributed by atoms with Crippen molar-refractivity contribution < 1.29 is 14.7 Å². The first-order valence-corrected chi connectivity index (χ1v) is 7.73. The average molecular weight is 317 g/mol. The van der Waals surface area contributed by atoms with Gasteiger partial charge in [-0.1, -0.05) is 12.6 Å². The Labute approximate surface area is 136 Å². The molecule has 1 aliphatic rings. The normalized spacial score (nSPS) is 18.5. The van der Waals surface area contributed by atoms with Gasteiger partial charge in [-0.15, -0.1) is 0 Å². The summed E-state index contributed by atoms with van der Waals surface area (Å²) < 4.78 is 0. The number of piperazine rings is 1. The quantitative estimate of drug-likeness (QED) is 0.793. The largest absolute Gasteiger partial charge is 0.395 e. The Kier molecular flexibility index (Phi) is 5.90. The van der Waals surface area contributed by atoms with Gasteiger partial charge in [-0.25, -0.2) is 0 Å². The topological polar surface area (TPSA) is 72.9 Å². The number of benzene rings is 1. The third-order valence-corrected chi connectivity index (χ3v) is 4.00. The van der Waals surface area contributed by atoms with E-state index in [9.17, 15) is 9.59 Å². The predicted molar refractivity (Wildman–Crippen MR) is 89.3 cm³/mol. The number of hydrogen-bond donors (Lipinski definition) is 2. The maximum Gasteiger partial charge on any atom is 0.254 e. The van der Waals surface area contributed by atoms with Crippen LogP contribution in [0.3, 0.4) is 0 Å². The molecule has 6 heteroatoms. The van der Waals surface area contributed by atoms with E-state index >= 15 is 0 Å². The van der Waals surface area contributed by atoms with Gasteiger partial charge in [0.05, 0.1) is 6.61 Å². The van der Waals surface area contributed by atoms with Gasteiger partial charge in [0, 0.05) is 43.5 Å². The Morgan fingerprint density at radius 3 is 2.87 bits per heavy atom. The third-order valence-electron chi connectivity index (χ3n) is 4.00. The molecule has 2 rings (SSSR count). The number of hydrogen-bond acceptors (Lipinski definition) is 4. The van der Waals surface area contributed by atoms with Gasteiger partial charge in [0.1, 0.15) is 0 Å². The highest BCUT2D eigenvalue weighted by molar-refractivity contribution is 6.00. The van der Waals surface area contributed by atoms with E-state index in [0.717, 1.165) is 6.54 Å². The van der Waals surface area contributed by atoms with Crippen molar-refractivity contribution in [2.75, 3.05) is 38.1 Å². The van der Waals surface area contributed by atoms with Gasteiger partial charge >= 0.3 is 0 Å². The predicted octanol–water partition coefficient (Wildman–Crippen LogP) is 0.950. The maximum absolute atomic E-state index is 12.6. The number of carbonyl (C=O) groups is 2. The Balaban J connectivity index is 2.04. The van der Waals surface area contributed by atoms with Gasteiger partial charge < -0.3 is 15.3 Å². The summed E-state index contributed by atoms with van der Waals surface area (Å²) in [6.07, 6.45) is 1.19. The van der Waals surface area contributed by atoms with Crippen LogP contribution >= 0.6 is 0 Å². The summed E-state index contributed by atoms with van der Waals surface area (Å²) in [6.45, 7) is 8.23. The molecule has 0 aromatic heterocycles. The van der Waals surface area contributed by atoms with Crippen molar-refractivity contribution in [3.8, 4) is 0 Å². The molecule has 1 fully saturated rings. The minimum absolute atomic E-state index is 0.0461. The highest BCUT2D eigenvalue weighted by Gasteiger charge is 2.26. The maximum atomic E-state index is 12.6. The van der Waals surface area contributed by atoms with Gasteiger partial charge in [0.2, 0.25) is 5.91 Å².